The second-order valence-corrected chi connectivity index (χ2v) is 9.93. The molecule has 4 aromatic rings. The van der Waals surface area contributed by atoms with Gasteiger partial charge in [0.15, 0.2) is 11.5 Å². The van der Waals surface area contributed by atoms with Crippen LogP contribution in [0.25, 0.3) is 5.76 Å². The molecule has 41 heavy (non-hydrogen) atoms. The first-order valence-corrected chi connectivity index (χ1v) is 13.6. The molecule has 0 radical (unpaired) electrons. The standard InChI is InChI=1S/C34H29NO6/c36-32(26-13-16-28-29(21-26)40-20-19-39-28)30-31(35(34(38)33(30)37)18-17-23-7-3-1-4-8-23)25-11-14-27(15-12-25)41-22-24-9-5-2-6-10-24/h1-16,21,31,36H,17-20,22H2. The van der Waals surface area contributed by atoms with Crippen molar-refractivity contribution < 1.29 is 28.9 Å². The van der Waals surface area contributed by atoms with Gasteiger partial charge in [-0.1, -0.05) is 72.8 Å². The summed E-state index contributed by atoms with van der Waals surface area (Å²) in [5, 5.41) is 11.5. The van der Waals surface area contributed by atoms with Gasteiger partial charge in [-0.05, 0) is 53.4 Å². The normalized spacial score (nSPS) is 17.5. The molecular weight excluding hydrogens is 518 g/mol. The molecule has 0 spiro atoms. The van der Waals surface area contributed by atoms with E-state index in [1.165, 1.54) is 0 Å². The van der Waals surface area contributed by atoms with Gasteiger partial charge in [0.2, 0.25) is 0 Å². The maximum absolute atomic E-state index is 13.5. The molecule has 1 amide bonds. The quantitative estimate of drug-likeness (QED) is 0.173. The lowest BCUT2D eigenvalue weighted by atomic mass is 9.95. The number of carbonyl (C=O) groups excluding carboxylic acids is 2. The summed E-state index contributed by atoms with van der Waals surface area (Å²) < 4.78 is 17.2. The van der Waals surface area contributed by atoms with Gasteiger partial charge in [-0.2, -0.15) is 0 Å². The van der Waals surface area contributed by atoms with Crippen molar-refractivity contribution in [3.8, 4) is 17.2 Å². The lowest BCUT2D eigenvalue weighted by Crippen LogP contribution is -2.31. The Morgan fingerprint density at radius 2 is 1.46 bits per heavy atom. The average Bonchev–Trinajstić information content (AvgIpc) is 3.28. The molecule has 0 aromatic heterocycles. The summed E-state index contributed by atoms with van der Waals surface area (Å²) in [5.41, 5.74) is 3.21. The third-order valence-corrected chi connectivity index (χ3v) is 7.28. The summed E-state index contributed by atoms with van der Waals surface area (Å²) in [6, 6.07) is 31.2. The van der Waals surface area contributed by atoms with Crippen LogP contribution >= 0.6 is 0 Å². The molecule has 0 bridgehead atoms. The van der Waals surface area contributed by atoms with Gasteiger partial charge in [-0.25, -0.2) is 0 Å². The maximum Gasteiger partial charge on any atom is 0.295 e. The Kier molecular flexibility index (Phi) is 7.41. The number of hydrogen-bond donors (Lipinski definition) is 1. The minimum Gasteiger partial charge on any atom is -0.507 e. The van der Waals surface area contributed by atoms with E-state index in [9.17, 15) is 14.7 Å². The molecule has 0 aliphatic carbocycles. The molecule has 1 saturated heterocycles. The highest BCUT2D eigenvalue weighted by Gasteiger charge is 2.46. The average molecular weight is 548 g/mol. The van der Waals surface area contributed by atoms with Gasteiger partial charge in [0, 0.05) is 12.1 Å². The smallest absolute Gasteiger partial charge is 0.295 e. The molecule has 6 rings (SSSR count). The Hall–Kier alpha value is -5.04. The molecule has 4 aromatic carbocycles. The summed E-state index contributed by atoms with van der Waals surface area (Å²) in [6.45, 7) is 1.55. The van der Waals surface area contributed by atoms with Crippen molar-refractivity contribution in [3.05, 3.63) is 131 Å². The maximum atomic E-state index is 13.5. The molecule has 0 saturated carbocycles. The Morgan fingerprint density at radius 1 is 0.805 bits per heavy atom. The molecule has 206 valence electrons. The van der Waals surface area contributed by atoms with Crippen molar-refractivity contribution in [2.24, 2.45) is 0 Å². The first-order valence-electron chi connectivity index (χ1n) is 13.6. The zero-order valence-electron chi connectivity index (χ0n) is 22.4. The van der Waals surface area contributed by atoms with E-state index in [0.29, 0.717) is 61.2 Å². The molecule has 2 aliphatic rings. The second kappa shape index (κ2) is 11.6. The lowest BCUT2D eigenvalue weighted by molar-refractivity contribution is -0.139. The summed E-state index contributed by atoms with van der Waals surface area (Å²) in [6.07, 6.45) is 0.562. The monoisotopic (exact) mass is 547 g/mol. The van der Waals surface area contributed by atoms with Crippen LogP contribution in [-0.4, -0.2) is 41.5 Å². The van der Waals surface area contributed by atoms with E-state index in [4.69, 9.17) is 14.2 Å². The van der Waals surface area contributed by atoms with E-state index in [1.54, 1.807) is 23.1 Å². The van der Waals surface area contributed by atoms with Gasteiger partial charge >= 0.3 is 0 Å². The van der Waals surface area contributed by atoms with Crippen molar-refractivity contribution in [2.45, 2.75) is 19.1 Å². The fourth-order valence-corrected chi connectivity index (χ4v) is 5.18. The van der Waals surface area contributed by atoms with Crippen LogP contribution in [0.5, 0.6) is 17.2 Å². The molecule has 1 fully saturated rings. The minimum atomic E-state index is -0.768. The minimum absolute atomic E-state index is 0.0395. The van der Waals surface area contributed by atoms with Crippen LogP contribution in [0.4, 0.5) is 0 Å². The number of ether oxygens (including phenoxy) is 3. The summed E-state index contributed by atoms with van der Waals surface area (Å²) in [4.78, 5) is 28.4. The highest BCUT2D eigenvalue weighted by molar-refractivity contribution is 6.46. The molecule has 2 heterocycles. The number of rotatable bonds is 8. The number of fused-ring (bicyclic) bond motifs is 1. The van der Waals surface area contributed by atoms with Gasteiger partial charge in [0.05, 0.1) is 11.6 Å². The number of benzene rings is 4. The van der Waals surface area contributed by atoms with E-state index in [0.717, 1.165) is 11.1 Å². The molecule has 2 aliphatic heterocycles. The van der Waals surface area contributed by atoms with Crippen molar-refractivity contribution in [1.29, 1.82) is 0 Å². The first kappa shape index (κ1) is 26.2. The number of Topliss-reactive ketones (excluding diaryl/α,β-unsaturated/α-hetero) is 1. The lowest BCUT2D eigenvalue weighted by Gasteiger charge is -2.26. The van der Waals surface area contributed by atoms with E-state index in [-0.39, 0.29) is 11.3 Å². The van der Waals surface area contributed by atoms with Crippen molar-refractivity contribution in [2.75, 3.05) is 19.8 Å². The third kappa shape index (κ3) is 5.52. The predicted octanol–water partition coefficient (Wildman–Crippen LogP) is 5.70. The number of hydrogen-bond acceptors (Lipinski definition) is 6. The van der Waals surface area contributed by atoms with Crippen molar-refractivity contribution in [1.82, 2.24) is 4.90 Å². The highest BCUT2D eigenvalue weighted by atomic mass is 16.6. The molecule has 7 nitrogen and oxygen atoms in total. The van der Waals surface area contributed by atoms with Crippen LogP contribution in [0.3, 0.4) is 0 Å². The molecular formula is C34H29NO6. The second-order valence-electron chi connectivity index (χ2n) is 9.93. The topological polar surface area (TPSA) is 85.3 Å². The van der Waals surface area contributed by atoms with Crippen LogP contribution < -0.4 is 14.2 Å². The Labute approximate surface area is 238 Å². The van der Waals surface area contributed by atoms with E-state index >= 15 is 0 Å². The summed E-state index contributed by atoms with van der Waals surface area (Å²) >= 11 is 0. The fourth-order valence-electron chi connectivity index (χ4n) is 5.18. The number of ketones is 1. The summed E-state index contributed by atoms with van der Waals surface area (Å²) in [7, 11) is 0. The van der Waals surface area contributed by atoms with E-state index in [1.807, 2.05) is 84.9 Å². The summed E-state index contributed by atoms with van der Waals surface area (Å²) in [5.74, 6) is 0.0886. The van der Waals surface area contributed by atoms with Gasteiger partial charge in [-0.15, -0.1) is 0 Å². The Bertz CT molecular complexity index is 1580. The van der Waals surface area contributed by atoms with Crippen molar-refractivity contribution in [3.63, 3.8) is 0 Å². The number of nitrogens with zero attached hydrogens (tertiary/aromatic N) is 1. The van der Waals surface area contributed by atoms with E-state index in [2.05, 4.69) is 0 Å². The van der Waals surface area contributed by atoms with Crippen LogP contribution in [0.2, 0.25) is 0 Å². The number of likely N-dealkylation sites (tertiary alicyclic amines) is 1. The van der Waals surface area contributed by atoms with Crippen LogP contribution in [-0.2, 0) is 22.6 Å². The Morgan fingerprint density at radius 3 is 2.17 bits per heavy atom. The zero-order chi connectivity index (χ0) is 28.2. The third-order valence-electron chi connectivity index (χ3n) is 7.28. The first-order chi connectivity index (χ1) is 20.1. The van der Waals surface area contributed by atoms with Gasteiger partial charge in [0.1, 0.15) is 31.3 Å². The molecule has 1 N–H and O–H groups in total. The Balaban J connectivity index is 1.34. The zero-order valence-corrected chi connectivity index (χ0v) is 22.4. The van der Waals surface area contributed by atoms with Gasteiger partial charge in [0.25, 0.3) is 11.7 Å². The van der Waals surface area contributed by atoms with Crippen LogP contribution in [0.1, 0.15) is 28.3 Å². The number of aliphatic hydroxyl groups is 1. The molecule has 1 atom stereocenters. The SMILES string of the molecule is O=C1C(=O)N(CCc2ccccc2)C(c2ccc(OCc3ccccc3)cc2)C1=C(O)c1ccc2c(c1)OCCO2. The fraction of sp³-hybridized carbons (Fsp3) is 0.176. The van der Waals surface area contributed by atoms with E-state index < -0.39 is 17.7 Å². The van der Waals surface area contributed by atoms with Crippen LogP contribution in [0, 0.1) is 0 Å². The highest BCUT2D eigenvalue weighted by Crippen LogP contribution is 2.41. The number of carbonyl (C=O) groups is 2. The molecule has 7 heteroatoms. The number of aliphatic hydroxyl groups excluding tert-OH is 1. The van der Waals surface area contributed by atoms with Gasteiger partial charge < -0.3 is 24.2 Å². The van der Waals surface area contributed by atoms with Crippen molar-refractivity contribution >= 4 is 17.4 Å². The van der Waals surface area contributed by atoms with Gasteiger partial charge in [-0.3, -0.25) is 9.59 Å². The molecule has 1 unspecified atom stereocenters. The van der Waals surface area contributed by atoms with Crippen LogP contribution in [0.15, 0.2) is 109 Å². The predicted molar refractivity (Wildman–Crippen MR) is 154 cm³/mol. The number of amides is 1. The largest absolute Gasteiger partial charge is 0.507 e.